The third-order valence-electron chi connectivity index (χ3n) is 0.286. The first kappa shape index (κ1) is 12.5. The molecule has 0 aliphatic rings. The van der Waals surface area contributed by atoms with E-state index in [1.54, 1.807) is 0 Å². The molecule has 52 valence electrons. The third kappa shape index (κ3) is 12.1. The maximum atomic E-state index is 9.92. The summed E-state index contributed by atoms with van der Waals surface area (Å²) in [5.41, 5.74) is 4.90. The van der Waals surface area contributed by atoms with Gasteiger partial charge in [0, 0.05) is 0 Å². The average Bonchev–Trinajstić information content (AvgIpc) is 1.21. The summed E-state index contributed by atoms with van der Waals surface area (Å²) in [6, 6.07) is 0. The van der Waals surface area contributed by atoms with E-state index in [1.165, 1.54) is 6.92 Å². The summed E-state index contributed by atoms with van der Waals surface area (Å²) in [7, 11) is -3.85. The zero-order valence-electron chi connectivity index (χ0n) is 6.37. The molecule has 0 saturated heterocycles. The first-order valence-corrected chi connectivity index (χ1v) is 3.35. The summed E-state index contributed by atoms with van der Waals surface area (Å²) in [5.74, 6) is 0. The second-order valence-electron chi connectivity index (χ2n) is 1.29. The quantitative estimate of drug-likeness (QED) is 0.318. The first-order valence-electron chi connectivity index (χ1n) is 1.88. The molecule has 4 N–H and O–H groups in total. The van der Waals surface area contributed by atoms with Crippen LogP contribution >= 0.6 is 0 Å². The molecule has 0 aliphatic heterocycles. The summed E-state index contributed by atoms with van der Waals surface area (Å²) in [6.07, 6.45) is -0.870. The Morgan fingerprint density at radius 2 is 2.00 bits per heavy atom. The van der Waals surface area contributed by atoms with Crippen LogP contribution in [0.5, 0.6) is 0 Å². The Morgan fingerprint density at radius 1 is 1.67 bits per heavy atom. The summed E-state index contributed by atoms with van der Waals surface area (Å²) >= 11 is 0. The van der Waals surface area contributed by atoms with Gasteiger partial charge in [-0.25, -0.2) is 9.32 Å². The maximum absolute atomic E-state index is 9.92. The van der Waals surface area contributed by atoms with Gasteiger partial charge < -0.3 is 7.16 Å². The number of hydrogen-bond acceptors (Lipinski definition) is 4. The standard InChI is InChI=1S/C2H8N2O3S.Na.H/c1-2(3)7-8(4,5)6;;/h2H,3H2,1H3,(H2,4,5,6);;/q;+1;-1. The van der Waals surface area contributed by atoms with Crippen LogP contribution in [-0.2, 0) is 14.5 Å². The van der Waals surface area contributed by atoms with E-state index < -0.39 is 16.5 Å². The van der Waals surface area contributed by atoms with Crippen molar-refractivity contribution in [3.05, 3.63) is 0 Å². The number of rotatable bonds is 2. The topological polar surface area (TPSA) is 95.4 Å². The van der Waals surface area contributed by atoms with Crippen LogP contribution in [-0.4, -0.2) is 14.6 Å². The fourth-order valence-electron chi connectivity index (χ4n) is 0.212. The zero-order chi connectivity index (χ0) is 6.78. The Labute approximate surface area is 77.8 Å². The molecule has 0 saturated carbocycles. The molecule has 9 heavy (non-hydrogen) atoms. The molecule has 0 aromatic heterocycles. The zero-order valence-corrected chi connectivity index (χ0v) is 8.18. The fraction of sp³-hybridized carbons (Fsp3) is 1.00. The molecular formula is C2H9N2NaO3S. The van der Waals surface area contributed by atoms with Crippen molar-refractivity contribution in [2.24, 2.45) is 10.9 Å². The smallest absolute Gasteiger partial charge is 1.00 e. The van der Waals surface area contributed by atoms with Crippen LogP contribution in [0.2, 0.25) is 0 Å². The SMILES string of the molecule is CC(N)OS(N)(=O)=O.[H-].[Na+]. The molecule has 0 amide bonds. The van der Waals surface area contributed by atoms with Crippen molar-refractivity contribution in [2.45, 2.75) is 13.2 Å². The third-order valence-corrected chi connectivity index (χ3v) is 0.858. The molecule has 0 bridgehead atoms. The van der Waals surface area contributed by atoms with Crippen LogP contribution in [0.3, 0.4) is 0 Å². The Hall–Kier alpha value is 0.830. The summed E-state index contributed by atoms with van der Waals surface area (Å²) in [6.45, 7) is 1.37. The molecule has 0 radical (unpaired) electrons. The largest absolute Gasteiger partial charge is 1.00 e. The Bertz CT molecular complexity index is 158. The van der Waals surface area contributed by atoms with Crippen molar-refractivity contribution in [1.82, 2.24) is 0 Å². The van der Waals surface area contributed by atoms with Gasteiger partial charge in [-0.1, -0.05) is 0 Å². The molecule has 1 atom stereocenters. The van der Waals surface area contributed by atoms with Crippen molar-refractivity contribution in [2.75, 3.05) is 0 Å². The van der Waals surface area contributed by atoms with Crippen LogP contribution in [0.15, 0.2) is 0 Å². The van der Waals surface area contributed by atoms with Crippen LogP contribution in [0.1, 0.15) is 8.35 Å². The van der Waals surface area contributed by atoms with Gasteiger partial charge in [0.25, 0.3) is 0 Å². The van der Waals surface area contributed by atoms with E-state index in [9.17, 15) is 8.42 Å². The van der Waals surface area contributed by atoms with E-state index in [4.69, 9.17) is 5.73 Å². The van der Waals surface area contributed by atoms with Crippen molar-refractivity contribution in [1.29, 1.82) is 0 Å². The van der Waals surface area contributed by atoms with E-state index in [0.717, 1.165) is 0 Å². The predicted molar refractivity (Wildman–Crippen MR) is 29.0 cm³/mol. The van der Waals surface area contributed by atoms with E-state index in [1.807, 2.05) is 0 Å². The van der Waals surface area contributed by atoms with Gasteiger partial charge in [0.05, 0.1) is 0 Å². The molecule has 0 spiro atoms. The van der Waals surface area contributed by atoms with Crippen LogP contribution in [0.4, 0.5) is 0 Å². The fourth-order valence-corrected chi connectivity index (χ4v) is 0.635. The number of hydrogen-bond donors (Lipinski definition) is 2. The predicted octanol–water partition coefficient (Wildman–Crippen LogP) is -4.37. The molecule has 0 aromatic rings. The maximum Gasteiger partial charge on any atom is 1.00 e. The minimum Gasteiger partial charge on any atom is -1.00 e. The van der Waals surface area contributed by atoms with Crippen LogP contribution < -0.4 is 40.4 Å². The summed E-state index contributed by atoms with van der Waals surface area (Å²) < 4.78 is 23.8. The van der Waals surface area contributed by atoms with Gasteiger partial charge in [0.15, 0.2) is 0 Å². The van der Waals surface area contributed by atoms with E-state index in [-0.39, 0.29) is 31.0 Å². The van der Waals surface area contributed by atoms with Gasteiger partial charge in [-0.05, 0) is 6.92 Å². The molecule has 5 nitrogen and oxygen atoms in total. The van der Waals surface area contributed by atoms with Gasteiger partial charge in [-0.3, -0.25) is 0 Å². The molecular weight excluding hydrogens is 155 g/mol. The van der Waals surface area contributed by atoms with E-state index in [2.05, 4.69) is 9.32 Å². The normalized spacial score (nSPS) is 14.1. The van der Waals surface area contributed by atoms with Gasteiger partial charge in [-0.15, -0.1) is 0 Å². The van der Waals surface area contributed by atoms with Crippen LogP contribution in [0, 0.1) is 0 Å². The summed E-state index contributed by atoms with van der Waals surface area (Å²) in [4.78, 5) is 0. The molecule has 0 heterocycles. The van der Waals surface area contributed by atoms with Gasteiger partial charge >= 0.3 is 39.9 Å². The minimum atomic E-state index is -3.85. The van der Waals surface area contributed by atoms with Crippen LogP contribution in [0.25, 0.3) is 0 Å². The molecule has 0 rings (SSSR count). The second-order valence-corrected chi connectivity index (χ2v) is 2.47. The van der Waals surface area contributed by atoms with E-state index in [0.29, 0.717) is 0 Å². The molecule has 0 fully saturated rings. The van der Waals surface area contributed by atoms with Crippen molar-refractivity contribution in [3.63, 3.8) is 0 Å². The molecule has 0 aliphatic carbocycles. The number of nitrogens with two attached hydrogens (primary N) is 2. The first-order chi connectivity index (χ1) is 3.42. The Morgan fingerprint density at radius 3 is 2.00 bits per heavy atom. The minimum absolute atomic E-state index is 0. The van der Waals surface area contributed by atoms with Crippen molar-refractivity contribution in [3.8, 4) is 0 Å². The van der Waals surface area contributed by atoms with E-state index >= 15 is 0 Å². The molecule has 1 unspecified atom stereocenters. The Kier molecular flexibility index (Phi) is 6.41. The molecule has 7 heteroatoms. The van der Waals surface area contributed by atoms with Gasteiger partial charge in [0.2, 0.25) is 0 Å². The molecule has 0 aromatic carbocycles. The summed E-state index contributed by atoms with van der Waals surface area (Å²) in [5, 5.41) is 4.41. The Balaban J connectivity index is -0.000000245. The van der Waals surface area contributed by atoms with Gasteiger partial charge in [0.1, 0.15) is 6.23 Å². The monoisotopic (exact) mass is 164 g/mol. The van der Waals surface area contributed by atoms with Crippen molar-refractivity contribution < 1.29 is 43.6 Å². The second kappa shape index (κ2) is 4.62. The van der Waals surface area contributed by atoms with Gasteiger partial charge in [-0.2, -0.15) is 8.42 Å². The average molecular weight is 164 g/mol. The van der Waals surface area contributed by atoms with Crippen molar-refractivity contribution >= 4 is 10.3 Å².